The van der Waals surface area contributed by atoms with Gasteiger partial charge in [0.1, 0.15) is 18.1 Å². The van der Waals surface area contributed by atoms with Crippen molar-refractivity contribution >= 4 is 0 Å². The van der Waals surface area contributed by atoms with E-state index < -0.39 is 6.61 Å². The Labute approximate surface area is 128 Å². The van der Waals surface area contributed by atoms with Gasteiger partial charge in [-0.25, -0.2) is 0 Å². The lowest BCUT2D eigenvalue weighted by molar-refractivity contribution is -0.0498. The first-order chi connectivity index (χ1) is 10.7. The second-order valence-electron chi connectivity index (χ2n) is 5.19. The smallest absolute Gasteiger partial charge is 0.387 e. The Kier molecular flexibility index (Phi) is 4.53. The highest BCUT2D eigenvalue weighted by Crippen LogP contribution is 2.24. The highest BCUT2D eigenvalue weighted by atomic mass is 19.3. The van der Waals surface area contributed by atoms with Gasteiger partial charge in [0.15, 0.2) is 0 Å². The van der Waals surface area contributed by atoms with E-state index in [4.69, 9.17) is 4.74 Å². The summed E-state index contributed by atoms with van der Waals surface area (Å²) < 4.78 is 34.4. The van der Waals surface area contributed by atoms with Crippen LogP contribution < -0.4 is 9.47 Å². The van der Waals surface area contributed by atoms with Gasteiger partial charge in [0.2, 0.25) is 0 Å². The highest BCUT2D eigenvalue weighted by Gasteiger charge is 2.15. The molecule has 1 aliphatic heterocycles. The Balaban J connectivity index is 1.65. The number of benzene rings is 2. The summed E-state index contributed by atoms with van der Waals surface area (Å²) in [6.07, 6.45) is 0. The van der Waals surface area contributed by atoms with Crippen LogP contribution >= 0.6 is 0 Å². The first-order valence-electron chi connectivity index (χ1n) is 7.17. The van der Waals surface area contributed by atoms with Gasteiger partial charge in [-0.3, -0.25) is 4.90 Å². The molecule has 3 rings (SSSR count). The van der Waals surface area contributed by atoms with Crippen LogP contribution in [0.1, 0.15) is 11.1 Å². The molecule has 0 aliphatic carbocycles. The standard InChI is InChI=1S/C17H17F2NO2/c18-17(19)22-15-7-5-13(6-8-15)11-20-9-10-21-16-4-2-1-3-14(16)12-20/h1-8,17H,9-12H2. The Morgan fingerprint density at radius 2 is 1.86 bits per heavy atom. The Hall–Kier alpha value is -2.14. The van der Waals surface area contributed by atoms with Crippen LogP contribution in [0.15, 0.2) is 48.5 Å². The summed E-state index contributed by atoms with van der Waals surface area (Å²) in [4.78, 5) is 2.27. The minimum Gasteiger partial charge on any atom is -0.492 e. The summed E-state index contributed by atoms with van der Waals surface area (Å²) in [5.41, 5.74) is 2.22. The molecule has 2 aromatic rings. The molecule has 0 atom stereocenters. The van der Waals surface area contributed by atoms with E-state index in [0.29, 0.717) is 6.61 Å². The summed E-state index contributed by atoms with van der Waals surface area (Å²) in [7, 11) is 0. The number of hydrogen-bond donors (Lipinski definition) is 0. The highest BCUT2D eigenvalue weighted by molar-refractivity contribution is 5.34. The van der Waals surface area contributed by atoms with Crippen molar-refractivity contribution in [2.24, 2.45) is 0 Å². The average molecular weight is 305 g/mol. The molecule has 1 heterocycles. The van der Waals surface area contributed by atoms with E-state index in [2.05, 4.69) is 15.7 Å². The van der Waals surface area contributed by atoms with Crippen LogP contribution in [0.25, 0.3) is 0 Å². The molecule has 0 radical (unpaired) electrons. The molecule has 0 fully saturated rings. The Morgan fingerprint density at radius 1 is 1.09 bits per heavy atom. The SMILES string of the molecule is FC(F)Oc1ccc(CN2CCOc3ccccc3C2)cc1. The zero-order chi connectivity index (χ0) is 15.4. The summed E-state index contributed by atoms with van der Waals surface area (Å²) >= 11 is 0. The lowest BCUT2D eigenvalue weighted by atomic mass is 10.1. The fraction of sp³-hybridized carbons (Fsp3) is 0.294. The van der Waals surface area contributed by atoms with Crippen LogP contribution in [0.3, 0.4) is 0 Å². The van der Waals surface area contributed by atoms with Crippen molar-refractivity contribution in [3.05, 3.63) is 59.7 Å². The predicted octanol–water partition coefficient (Wildman–Crippen LogP) is 3.68. The van der Waals surface area contributed by atoms with Crippen LogP contribution in [-0.4, -0.2) is 24.7 Å². The van der Waals surface area contributed by atoms with E-state index in [0.717, 1.165) is 36.5 Å². The average Bonchev–Trinajstić information content (AvgIpc) is 2.70. The molecule has 1 aliphatic rings. The number of fused-ring (bicyclic) bond motifs is 1. The molecule has 0 saturated heterocycles. The van der Waals surface area contributed by atoms with E-state index in [1.54, 1.807) is 12.1 Å². The van der Waals surface area contributed by atoms with Gasteiger partial charge >= 0.3 is 6.61 Å². The van der Waals surface area contributed by atoms with E-state index in [-0.39, 0.29) is 5.75 Å². The fourth-order valence-corrected chi connectivity index (χ4v) is 2.55. The summed E-state index contributed by atoms with van der Waals surface area (Å²) in [5.74, 6) is 1.12. The monoisotopic (exact) mass is 305 g/mol. The van der Waals surface area contributed by atoms with Gasteiger partial charge in [-0.2, -0.15) is 8.78 Å². The largest absolute Gasteiger partial charge is 0.492 e. The van der Waals surface area contributed by atoms with Gasteiger partial charge in [0, 0.05) is 25.2 Å². The van der Waals surface area contributed by atoms with Crippen molar-refractivity contribution in [1.82, 2.24) is 4.90 Å². The van der Waals surface area contributed by atoms with Crippen molar-refractivity contribution in [3.8, 4) is 11.5 Å². The van der Waals surface area contributed by atoms with Crippen molar-refractivity contribution < 1.29 is 18.3 Å². The third-order valence-corrected chi connectivity index (χ3v) is 3.59. The maximum Gasteiger partial charge on any atom is 0.387 e. The molecule has 3 nitrogen and oxygen atoms in total. The van der Waals surface area contributed by atoms with E-state index in [1.165, 1.54) is 0 Å². The van der Waals surface area contributed by atoms with Crippen molar-refractivity contribution in [2.75, 3.05) is 13.2 Å². The Morgan fingerprint density at radius 3 is 2.64 bits per heavy atom. The zero-order valence-corrected chi connectivity index (χ0v) is 12.0. The lowest BCUT2D eigenvalue weighted by Crippen LogP contribution is -2.25. The first kappa shape index (κ1) is 14.8. The topological polar surface area (TPSA) is 21.7 Å². The minimum absolute atomic E-state index is 0.184. The molecule has 2 aromatic carbocycles. The third-order valence-electron chi connectivity index (χ3n) is 3.59. The molecule has 0 bridgehead atoms. The van der Waals surface area contributed by atoms with Gasteiger partial charge in [0.25, 0.3) is 0 Å². The molecule has 0 N–H and O–H groups in total. The number of hydrogen-bond acceptors (Lipinski definition) is 3. The molecule has 116 valence electrons. The van der Waals surface area contributed by atoms with E-state index >= 15 is 0 Å². The number of rotatable bonds is 4. The van der Waals surface area contributed by atoms with Gasteiger partial charge in [-0.05, 0) is 23.8 Å². The molecule has 0 amide bonds. The maximum absolute atomic E-state index is 12.1. The quantitative estimate of drug-likeness (QED) is 0.860. The zero-order valence-electron chi connectivity index (χ0n) is 12.0. The van der Waals surface area contributed by atoms with Gasteiger partial charge in [-0.15, -0.1) is 0 Å². The molecular formula is C17H17F2NO2. The molecule has 5 heteroatoms. The van der Waals surface area contributed by atoms with Crippen LogP contribution in [0.2, 0.25) is 0 Å². The van der Waals surface area contributed by atoms with Crippen LogP contribution in [-0.2, 0) is 13.1 Å². The number of alkyl halides is 2. The number of ether oxygens (including phenoxy) is 2. The maximum atomic E-state index is 12.1. The van der Waals surface area contributed by atoms with Crippen LogP contribution in [0, 0.1) is 0 Å². The summed E-state index contributed by atoms with van der Waals surface area (Å²) in [6.45, 7) is 0.233. The molecule has 0 saturated carbocycles. The molecule has 0 aromatic heterocycles. The molecule has 0 unspecified atom stereocenters. The minimum atomic E-state index is -2.79. The van der Waals surface area contributed by atoms with Gasteiger partial charge in [-0.1, -0.05) is 30.3 Å². The predicted molar refractivity (Wildman–Crippen MR) is 79.1 cm³/mol. The number of halogens is 2. The number of para-hydroxylation sites is 1. The summed E-state index contributed by atoms with van der Waals surface area (Å²) in [5, 5.41) is 0. The second-order valence-corrected chi connectivity index (χ2v) is 5.19. The van der Waals surface area contributed by atoms with Crippen LogP contribution in [0.5, 0.6) is 11.5 Å². The van der Waals surface area contributed by atoms with Gasteiger partial charge in [0.05, 0.1) is 0 Å². The summed E-state index contributed by atoms with van der Waals surface area (Å²) in [6, 6.07) is 14.8. The normalized spacial score (nSPS) is 15.0. The van der Waals surface area contributed by atoms with Crippen LogP contribution in [0.4, 0.5) is 8.78 Å². The first-order valence-corrected chi connectivity index (χ1v) is 7.17. The van der Waals surface area contributed by atoms with E-state index in [9.17, 15) is 8.78 Å². The van der Waals surface area contributed by atoms with Crippen molar-refractivity contribution in [2.45, 2.75) is 19.7 Å². The Bertz CT molecular complexity index is 616. The lowest BCUT2D eigenvalue weighted by Gasteiger charge is -2.19. The molecule has 22 heavy (non-hydrogen) atoms. The fourth-order valence-electron chi connectivity index (χ4n) is 2.55. The third kappa shape index (κ3) is 3.74. The molecule has 0 spiro atoms. The van der Waals surface area contributed by atoms with Crippen molar-refractivity contribution in [1.29, 1.82) is 0 Å². The molecular weight excluding hydrogens is 288 g/mol. The van der Waals surface area contributed by atoms with Crippen molar-refractivity contribution in [3.63, 3.8) is 0 Å². The van der Waals surface area contributed by atoms with E-state index in [1.807, 2.05) is 30.3 Å². The van der Waals surface area contributed by atoms with Gasteiger partial charge < -0.3 is 9.47 Å². The number of nitrogens with zero attached hydrogens (tertiary/aromatic N) is 1. The second kappa shape index (κ2) is 6.75.